The van der Waals surface area contributed by atoms with Crippen LogP contribution in [-0.4, -0.2) is 32.2 Å². The van der Waals surface area contributed by atoms with Crippen molar-refractivity contribution in [2.45, 2.75) is 26.3 Å². The molecule has 2 aromatic rings. The van der Waals surface area contributed by atoms with Crippen molar-refractivity contribution in [1.82, 2.24) is 25.1 Å². The highest BCUT2D eigenvalue weighted by molar-refractivity contribution is 5.93. The Morgan fingerprint density at radius 1 is 1.58 bits per heavy atom. The van der Waals surface area contributed by atoms with Crippen LogP contribution in [0.15, 0.2) is 18.6 Å². The number of hydrogen-bond acceptors (Lipinski definition) is 4. The summed E-state index contributed by atoms with van der Waals surface area (Å²) in [6.45, 7) is 3.34. The van der Waals surface area contributed by atoms with Crippen LogP contribution in [0, 0.1) is 0 Å². The van der Waals surface area contributed by atoms with Crippen molar-refractivity contribution in [3.63, 3.8) is 0 Å². The van der Waals surface area contributed by atoms with Gasteiger partial charge in [-0.3, -0.25) is 9.89 Å². The molecule has 2 aromatic heterocycles. The number of aromatic nitrogens is 4. The number of nitrogens with one attached hydrogen (secondary N) is 2. The molecule has 7 nitrogen and oxygen atoms in total. The molecule has 7 heteroatoms. The Hall–Kier alpha value is -2.31. The van der Waals surface area contributed by atoms with E-state index in [1.165, 1.54) is 6.33 Å². The molecule has 1 amide bonds. The number of carbonyl (C=O) groups excluding carboxylic acids is 1. The van der Waals surface area contributed by atoms with E-state index in [2.05, 4.69) is 27.4 Å². The minimum atomic E-state index is -0.121. The minimum Gasteiger partial charge on any atom is -0.397 e. The van der Waals surface area contributed by atoms with Gasteiger partial charge in [-0.2, -0.15) is 5.10 Å². The number of aryl methyl sites for hydroxylation is 1. The lowest BCUT2D eigenvalue weighted by atomic mass is 10.3. The molecule has 0 bridgehead atoms. The van der Waals surface area contributed by atoms with Crippen molar-refractivity contribution in [1.29, 1.82) is 0 Å². The Balaban J connectivity index is 1.92. The predicted molar refractivity (Wildman–Crippen MR) is 71.6 cm³/mol. The van der Waals surface area contributed by atoms with Gasteiger partial charge in [0.15, 0.2) is 0 Å². The van der Waals surface area contributed by atoms with Crippen LogP contribution < -0.4 is 11.1 Å². The zero-order valence-electron chi connectivity index (χ0n) is 10.9. The number of aromatic amines is 1. The van der Waals surface area contributed by atoms with Crippen LogP contribution in [0.4, 0.5) is 5.69 Å². The first kappa shape index (κ1) is 13.1. The second-order valence-electron chi connectivity index (χ2n) is 4.29. The molecule has 0 aliphatic carbocycles. The monoisotopic (exact) mass is 262 g/mol. The fourth-order valence-electron chi connectivity index (χ4n) is 1.89. The van der Waals surface area contributed by atoms with Gasteiger partial charge in [-0.25, -0.2) is 4.98 Å². The molecule has 0 unspecified atom stereocenters. The van der Waals surface area contributed by atoms with Crippen LogP contribution in [0.2, 0.25) is 0 Å². The van der Waals surface area contributed by atoms with Gasteiger partial charge in [-0.05, 0) is 12.5 Å². The lowest BCUT2D eigenvalue weighted by molar-refractivity contribution is 0.0944. The third-order valence-electron chi connectivity index (χ3n) is 2.73. The first-order valence-electron chi connectivity index (χ1n) is 6.28. The Bertz CT molecular complexity index is 530. The van der Waals surface area contributed by atoms with Crippen LogP contribution in [0.25, 0.3) is 0 Å². The van der Waals surface area contributed by atoms with Crippen LogP contribution in [0.5, 0.6) is 0 Å². The summed E-state index contributed by atoms with van der Waals surface area (Å²) in [5.41, 5.74) is 6.93. The van der Waals surface area contributed by atoms with E-state index in [-0.39, 0.29) is 5.91 Å². The molecule has 0 aliphatic rings. The largest absolute Gasteiger partial charge is 0.397 e. The van der Waals surface area contributed by atoms with E-state index in [1.54, 1.807) is 12.3 Å². The van der Waals surface area contributed by atoms with Gasteiger partial charge in [0.1, 0.15) is 17.8 Å². The zero-order chi connectivity index (χ0) is 13.7. The molecule has 0 aliphatic heterocycles. The molecule has 0 aromatic carbocycles. The van der Waals surface area contributed by atoms with Gasteiger partial charge >= 0.3 is 0 Å². The van der Waals surface area contributed by atoms with Gasteiger partial charge < -0.3 is 15.6 Å². The van der Waals surface area contributed by atoms with E-state index < -0.39 is 0 Å². The molecule has 0 spiro atoms. The Morgan fingerprint density at radius 2 is 2.42 bits per heavy atom. The normalized spacial score (nSPS) is 10.6. The summed E-state index contributed by atoms with van der Waals surface area (Å²) in [5, 5.41) is 9.35. The van der Waals surface area contributed by atoms with Gasteiger partial charge in [0.25, 0.3) is 5.91 Å². The molecular weight excluding hydrogens is 244 g/mol. The summed E-state index contributed by atoms with van der Waals surface area (Å²) in [7, 11) is 0. The molecule has 2 rings (SSSR count). The SMILES string of the molecule is CCCn1cc(N)cc1C(=O)NCCc1ncn[nH]1. The summed E-state index contributed by atoms with van der Waals surface area (Å²) in [6.07, 6.45) is 4.81. The second kappa shape index (κ2) is 6.03. The van der Waals surface area contributed by atoms with Gasteiger partial charge in [-0.15, -0.1) is 0 Å². The lowest BCUT2D eigenvalue weighted by Crippen LogP contribution is -2.28. The van der Waals surface area contributed by atoms with Crippen molar-refractivity contribution in [2.24, 2.45) is 0 Å². The van der Waals surface area contributed by atoms with E-state index in [9.17, 15) is 4.79 Å². The maximum atomic E-state index is 12.0. The summed E-state index contributed by atoms with van der Waals surface area (Å²) < 4.78 is 1.87. The van der Waals surface area contributed by atoms with E-state index >= 15 is 0 Å². The van der Waals surface area contributed by atoms with E-state index in [0.717, 1.165) is 18.8 Å². The van der Waals surface area contributed by atoms with Crippen LogP contribution >= 0.6 is 0 Å². The predicted octanol–water partition coefficient (Wildman–Crippen LogP) is 0.571. The number of H-pyrrole nitrogens is 1. The zero-order valence-corrected chi connectivity index (χ0v) is 10.9. The minimum absolute atomic E-state index is 0.121. The van der Waals surface area contributed by atoms with Gasteiger partial charge in [0.05, 0.1) is 5.69 Å². The molecular formula is C12H18N6O. The number of nitrogens with zero attached hydrogens (tertiary/aromatic N) is 3. The number of nitrogens with two attached hydrogens (primary N) is 1. The molecule has 0 radical (unpaired) electrons. The maximum Gasteiger partial charge on any atom is 0.267 e. The van der Waals surface area contributed by atoms with Crippen molar-refractivity contribution < 1.29 is 4.79 Å². The quantitative estimate of drug-likeness (QED) is 0.708. The van der Waals surface area contributed by atoms with Crippen LogP contribution in [0.1, 0.15) is 29.7 Å². The molecule has 2 heterocycles. The Morgan fingerprint density at radius 3 is 3.11 bits per heavy atom. The fraction of sp³-hybridized carbons (Fsp3) is 0.417. The van der Waals surface area contributed by atoms with Crippen LogP contribution in [-0.2, 0) is 13.0 Å². The van der Waals surface area contributed by atoms with Crippen molar-refractivity contribution in [2.75, 3.05) is 12.3 Å². The number of rotatable bonds is 6. The van der Waals surface area contributed by atoms with Crippen LogP contribution in [0.3, 0.4) is 0 Å². The maximum absolute atomic E-state index is 12.0. The molecule has 0 fully saturated rings. The van der Waals surface area contributed by atoms with Gasteiger partial charge in [0, 0.05) is 25.7 Å². The summed E-state index contributed by atoms with van der Waals surface area (Å²) >= 11 is 0. The van der Waals surface area contributed by atoms with E-state index in [1.807, 2.05) is 4.57 Å². The highest BCUT2D eigenvalue weighted by Gasteiger charge is 2.12. The molecule has 0 saturated carbocycles. The Labute approximate surface area is 111 Å². The summed E-state index contributed by atoms with van der Waals surface area (Å²) in [5.74, 6) is 0.633. The standard InChI is InChI=1S/C12H18N6O/c1-2-5-18-7-9(13)6-10(18)12(19)14-4-3-11-15-8-16-17-11/h6-8H,2-5,13H2,1H3,(H,14,19)(H,15,16,17). The number of nitrogen functional groups attached to an aromatic ring is 1. The van der Waals surface area contributed by atoms with Crippen molar-refractivity contribution in [3.8, 4) is 0 Å². The van der Waals surface area contributed by atoms with Crippen molar-refractivity contribution >= 4 is 11.6 Å². The number of amides is 1. The van der Waals surface area contributed by atoms with E-state index in [4.69, 9.17) is 5.73 Å². The molecule has 102 valence electrons. The number of anilines is 1. The summed E-state index contributed by atoms with van der Waals surface area (Å²) in [4.78, 5) is 16.0. The average molecular weight is 262 g/mol. The number of hydrogen-bond donors (Lipinski definition) is 3. The lowest BCUT2D eigenvalue weighted by Gasteiger charge is -2.07. The second-order valence-corrected chi connectivity index (χ2v) is 4.29. The highest BCUT2D eigenvalue weighted by Crippen LogP contribution is 2.11. The average Bonchev–Trinajstić information content (AvgIpc) is 2.99. The summed E-state index contributed by atoms with van der Waals surface area (Å²) in [6, 6.07) is 1.69. The molecule has 4 N–H and O–H groups in total. The van der Waals surface area contributed by atoms with Gasteiger partial charge in [-0.1, -0.05) is 6.92 Å². The third kappa shape index (κ3) is 3.34. The fourth-order valence-corrected chi connectivity index (χ4v) is 1.89. The molecule has 19 heavy (non-hydrogen) atoms. The number of carbonyl (C=O) groups is 1. The molecule has 0 saturated heterocycles. The third-order valence-corrected chi connectivity index (χ3v) is 2.73. The topological polar surface area (TPSA) is 102 Å². The molecule has 0 atom stereocenters. The smallest absolute Gasteiger partial charge is 0.267 e. The Kier molecular flexibility index (Phi) is 4.17. The van der Waals surface area contributed by atoms with Crippen molar-refractivity contribution in [3.05, 3.63) is 30.1 Å². The first-order valence-corrected chi connectivity index (χ1v) is 6.28. The first-order chi connectivity index (χ1) is 9.20. The highest BCUT2D eigenvalue weighted by atomic mass is 16.1. The van der Waals surface area contributed by atoms with E-state index in [0.29, 0.717) is 24.3 Å². The van der Waals surface area contributed by atoms with Gasteiger partial charge in [0.2, 0.25) is 0 Å².